The van der Waals surface area contributed by atoms with E-state index in [9.17, 15) is 8.42 Å². The Bertz CT molecular complexity index is 948. The number of nitrogens with one attached hydrogen (secondary N) is 2. The number of benzene rings is 2. The molecular formula is C17H16N4O3S. The first-order valence-corrected chi connectivity index (χ1v) is 8.87. The molecule has 0 aliphatic carbocycles. The van der Waals surface area contributed by atoms with Crippen molar-refractivity contribution in [3.63, 3.8) is 0 Å². The summed E-state index contributed by atoms with van der Waals surface area (Å²) in [4.78, 5) is 8.16. The molecule has 3 aromatic rings. The molecule has 128 valence electrons. The summed E-state index contributed by atoms with van der Waals surface area (Å²) < 4.78 is 33.5. The van der Waals surface area contributed by atoms with Gasteiger partial charge in [0.1, 0.15) is 16.3 Å². The molecular weight excluding hydrogens is 340 g/mol. The minimum atomic E-state index is -3.84. The third kappa shape index (κ3) is 3.86. The number of ether oxygens (including phenoxy) is 1. The average molecular weight is 356 g/mol. The molecule has 3 rings (SSSR count). The number of rotatable bonds is 6. The molecule has 0 saturated carbocycles. The zero-order valence-electron chi connectivity index (χ0n) is 13.4. The molecule has 1 heterocycles. The lowest BCUT2D eigenvalue weighted by Gasteiger charge is -2.16. The molecule has 1 aromatic heterocycles. The molecule has 0 amide bonds. The van der Waals surface area contributed by atoms with Gasteiger partial charge in [-0.05, 0) is 30.3 Å². The van der Waals surface area contributed by atoms with Crippen LogP contribution in [0.25, 0.3) is 0 Å². The van der Waals surface area contributed by atoms with Crippen molar-refractivity contribution in [2.75, 3.05) is 17.1 Å². The Kier molecular flexibility index (Phi) is 4.80. The fraction of sp³-hybridized carbons (Fsp3) is 0.0588. The summed E-state index contributed by atoms with van der Waals surface area (Å²) in [6, 6.07) is 15.1. The van der Waals surface area contributed by atoms with Crippen molar-refractivity contribution in [2.24, 2.45) is 0 Å². The molecule has 2 N–H and O–H groups in total. The SMILES string of the molecule is COc1cccc(S(=O)(=O)Nc2ccccc2)c1Nc1ncccn1. The van der Waals surface area contributed by atoms with E-state index in [1.807, 2.05) is 6.07 Å². The maximum Gasteiger partial charge on any atom is 0.264 e. The van der Waals surface area contributed by atoms with Gasteiger partial charge in [0.15, 0.2) is 0 Å². The summed E-state index contributed by atoms with van der Waals surface area (Å²) in [5.41, 5.74) is 0.729. The Morgan fingerprint density at radius 3 is 2.32 bits per heavy atom. The summed E-state index contributed by atoms with van der Waals surface area (Å²) >= 11 is 0. The highest BCUT2D eigenvalue weighted by Gasteiger charge is 2.22. The van der Waals surface area contributed by atoms with Crippen molar-refractivity contribution in [2.45, 2.75) is 4.90 Å². The fourth-order valence-corrected chi connectivity index (χ4v) is 3.45. The van der Waals surface area contributed by atoms with Crippen LogP contribution in [0.5, 0.6) is 5.75 Å². The van der Waals surface area contributed by atoms with E-state index in [0.29, 0.717) is 11.4 Å². The number of aromatic nitrogens is 2. The van der Waals surface area contributed by atoms with E-state index in [0.717, 1.165) is 0 Å². The van der Waals surface area contributed by atoms with E-state index in [1.54, 1.807) is 54.9 Å². The van der Waals surface area contributed by atoms with Crippen LogP contribution >= 0.6 is 0 Å². The van der Waals surface area contributed by atoms with Crippen LogP contribution < -0.4 is 14.8 Å². The Balaban J connectivity index is 2.03. The smallest absolute Gasteiger partial charge is 0.264 e. The van der Waals surface area contributed by atoms with E-state index >= 15 is 0 Å². The Labute approximate surface area is 145 Å². The highest BCUT2D eigenvalue weighted by Crippen LogP contribution is 2.34. The molecule has 0 atom stereocenters. The van der Waals surface area contributed by atoms with Crippen LogP contribution in [0.15, 0.2) is 71.9 Å². The minimum Gasteiger partial charge on any atom is -0.495 e. The summed E-state index contributed by atoms with van der Waals surface area (Å²) in [5, 5.41) is 2.92. The van der Waals surface area contributed by atoms with E-state index in [1.165, 1.54) is 13.2 Å². The average Bonchev–Trinajstić information content (AvgIpc) is 2.63. The van der Waals surface area contributed by atoms with Gasteiger partial charge < -0.3 is 10.1 Å². The number of sulfonamides is 1. The van der Waals surface area contributed by atoms with Gasteiger partial charge in [-0.2, -0.15) is 0 Å². The van der Waals surface area contributed by atoms with Crippen molar-refractivity contribution in [1.29, 1.82) is 0 Å². The number of hydrogen-bond acceptors (Lipinski definition) is 6. The second-order valence-electron chi connectivity index (χ2n) is 5.00. The summed E-state index contributed by atoms with van der Waals surface area (Å²) in [7, 11) is -2.38. The molecule has 0 spiro atoms. The molecule has 0 unspecified atom stereocenters. The van der Waals surface area contributed by atoms with Gasteiger partial charge in [0.05, 0.1) is 7.11 Å². The molecule has 7 nitrogen and oxygen atoms in total. The quantitative estimate of drug-likeness (QED) is 0.705. The molecule has 25 heavy (non-hydrogen) atoms. The number of hydrogen-bond donors (Lipinski definition) is 2. The third-order valence-electron chi connectivity index (χ3n) is 3.33. The second kappa shape index (κ2) is 7.18. The molecule has 0 aliphatic rings. The zero-order valence-corrected chi connectivity index (χ0v) is 14.2. The predicted octanol–water partition coefficient (Wildman–Crippen LogP) is 3.03. The molecule has 0 bridgehead atoms. The highest BCUT2D eigenvalue weighted by atomic mass is 32.2. The van der Waals surface area contributed by atoms with Gasteiger partial charge in [-0.1, -0.05) is 24.3 Å². The second-order valence-corrected chi connectivity index (χ2v) is 6.65. The van der Waals surface area contributed by atoms with Crippen molar-refractivity contribution in [1.82, 2.24) is 9.97 Å². The Hall–Kier alpha value is -3.13. The summed E-state index contributed by atoms with van der Waals surface area (Å²) in [6.45, 7) is 0. The zero-order chi connectivity index (χ0) is 17.7. The van der Waals surface area contributed by atoms with Crippen LogP contribution in [0.3, 0.4) is 0 Å². The molecule has 0 radical (unpaired) electrons. The van der Waals surface area contributed by atoms with E-state index in [2.05, 4.69) is 20.0 Å². The van der Waals surface area contributed by atoms with Gasteiger partial charge in [0.2, 0.25) is 5.95 Å². The predicted molar refractivity (Wildman–Crippen MR) is 95.6 cm³/mol. The monoisotopic (exact) mass is 356 g/mol. The van der Waals surface area contributed by atoms with Crippen LogP contribution in [-0.4, -0.2) is 25.5 Å². The van der Waals surface area contributed by atoms with Gasteiger partial charge in [-0.25, -0.2) is 18.4 Å². The first-order chi connectivity index (χ1) is 12.1. The number of methoxy groups -OCH3 is 1. The maximum atomic E-state index is 12.8. The normalized spacial score (nSPS) is 10.9. The molecule has 8 heteroatoms. The molecule has 0 aliphatic heterocycles. The molecule has 0 fully saturated rings. The Morgan fingerprint density at radius 2 is 1.64 bits per heavy atom. The van der Waals surface area contributed by atoms with Crippen LogP contribution in [0.1, 0.15) is 0 Å². The van der Waals surface area contributed by atoms with Gasteiger partial charge in [0, 0.05) is 18.1 Å². The highest BCUT2D eigenvalue weighted by molar-refractivity contribution is 7.92. The van der Waals surface area contributed by atoms with Gasteiger partial charge in [-0.3, -0.25) is 4.72 Å². The van der Waals surface area contributed by atoms with Crippen molar-refractivity contribution < 1.29 is 13.2 Å². The largest absolute Gasteiger partial charge is 0.495 e. The van der Waals surface area contributed by atoms with Crippen molar-refractivity contribution in [3.05, 3.63) is 67.0 Å². The first kappa shape index (κ1) is 16.7. The lowest BCUT2D eigenvalue weighted by molar-refractivity contribution is 0.415. The van der Waals surface area contributed by atoms with Crippen LogP contribution in [-0.2, 0) is 10.0 Å². The van der Waals surface area contributed by atoms with Crippen molar-refractivity contribution >= 4 is 27.3 Å². The van der Waals surface area contributed by atoms with E-state index in [4.69, 9.17) is 4.74 Å². The van der Waals surface area contributed by atoms with Gasteiger partial charge in [-0.15, -0.1) is 0 Å². The number of para-hydroxylation sites is 2. The van der Waals surface area contributed by atoms with Crippen LogP contribution in [0, 0.1) is 0 Å². The first-order valence-electron chi connectivity index (χ1n) is 7.39. The lowest BCUT2D eigenvalue weighted by atomic mass is 10.3. The third-order valence-corrected chi connectivity index (χ3v) is 4.75. The number of nitrogens with zero attached hydrogens (tertiary/aromatic N) is 2. The van der Waals surface area contributed by atoms with Crippen LogP contribution in [0.2, 0.25) is 0 Å². The minimum absolute atomic E-state index is 0.0307. The molecule has 0 saturated heterocycles. The van der Waals surface area contributed by atoms with Crippen molar-refractivity contribution in [3.8, 4) is 5.75 Å². The topological polar surface area (TPSA) is 93.2 Å². The summed E-state index contributed by atoms with van der Waals surface area (Å²) in [6.07, 6.45) is 3.11. The fourth-order valence-electron chi connectivity index (χ4n) is 2.22. The van der Waals surface area contributed by atoms with Crippen LogP contribution in [0.4, 0.5) is 17.3 Å². The summed E-state index contributed by atoms with van der Waals surface area (Å²) in [5.74, 6) is 0.631. The van der Waals surface area contributed by atoms with Gasteiger partial charge >= 0.3 is 0 Å². The number of anilines is 3. The van der Waals surface area contributed by atoms with Gasteiger partial charge in [0.25, 0.3) is 10.0 Å². The standard InChI is InChI=1S/C17H16N4O3S/c1-24-14-9-5-10-15(16(14)20-17-18-11-6-12-19-17)25(22,23)21-13-7-3-2-4-8-13/h2-12,21H,1H3,(H,18,19,20). The lowest BCUT2D eigenvalue weighted by Crippen LogP contribution is -2.15. The van der Waals surface area contributed by atoms with E-state index in [-0.39, 0.29) is 16.5 Å². The Morgan fingerprint density at radius 1 is 0.920 bits per heavy atom. The molecule has 2 aromatic carbocycles. The maximum absolute atomic E-state index is 12.8. The van der Waals surface area contributed by atoms with E-state index < -0.39 is 10.0 Å².